The topological polar surface area (TPSA) is 76.0 Å². The van der Waals surface area contributed by atoms with E-state index in [4.69, 9.17) is 9.47 Å². The molecule has 5 nitrogen and oxygen atoms in total. The number of carbonyl (C=O) groups excluding carboxylic acids is 1. The Kier molecular flexibility index (Phi) is 6.03. The SMILES string of the molecule is C/C(=C\C1CC(C2CCC34CC23C=CC2C3(C)CC=C5CC(c6ccccc6)OCC5(C)C3CC(O)C24C)C(=O)O1)CO. The molecular weight excluding hydrogens is 536 g/mol. The van der Waals surface area contributed by atoms with E-state index in [0.717, 1.165) is 44.1 Å². The summed E-state index contributed by atoms with van der Waals surface area (Å²) in [6.07, 6.45) is 15.6. The number of esters is 1. The van der Waals surface area contributed by atoms with Gasteiger partial charge in [0.15, 0.2) is 0 Å². The minimum Gasteiger partial charge on any atom is -0.458 e. The number of rotatable bonds is 4. The van der Waals surface area contributed by atoms with Gasteiger partial charge in [-0.2, -0.15) is 0 Å². The van der Waals surface area contributed by atoms with Gasteiger partial charge in [-0.05, 0) is 96.7 Å². The molecule has 12 atom stereocenters. The maximum atomic E-state index is 13.2. The molecule has 5 aliphatic carbocycles. The van der Waals surface area contributed by atoms with E-state index < -0.39 is 0 Å². The van der Waals surface area contributed by atoms with E-state index in [1.807, 2.05) is 13.0 Å². The van der Waals surface area contributed by atoms with Gasteiger partial charge in [0.1, 0.15) is 6.10 Å². The second kappa shape index (κ2) is 9.17. The Morgan fingerprint density at radius 1 is 1.14 bits per heavy atom. The third kappa shape index (κ3) is 3.48. The molecule has 1 aromatic carbocycles. The highest BCUT2D eigenvalue weighted by molar-refractivity contribution is 5.76. The summed E-state index contributed by atoms with van der Waals surface area (Å²) in [4.78, 5) is 13.2. The first-order chi connectivity index (χ1) is 20.5. The Morgan fingerprint density at radius 2 is 1.93 bits per heavy atom. The van der Waals surface area contributed by atoms with E-state index in [2.05, 4.69) is 69.3 Å². The minimum absolute atomic E-state index is 0.00914. The van der Waals surface area contributed by atoms with Crippen LogP contribution in [0.2, 0.25) is 0 Å². The molecule has 7 aliphatic rings. The molecule has 2 aliphatic heterocycles. The molecule has 1 aromatic rings. The van der Waals surface area contributed by atoms with Gasteiger partial charge in [0.25, 0.3) is 0 Å². The maximum Gasteiger partial charge on any atom is 0.309 e. The van der Waals surface area contributed by atoms with Crippen molar-refractivity contribution in [3.8, 4) is 0 Å². The number of fused-ring (bicyclic) bond motifs is 5. The van der Waals surface area contributed by atoms with Crippen molar-refractivity contribution in [3.63, 3.8) is 0 Å². The molecule has 5 fully saturated rings. The van der Waals surface area contributed by atoms with Gasteiger partial charge in [-0.25, -0.2) is 0 Å². The largest absolute Gasteiger partial charge is 0.458 e. The lowest BCUT2D eigenvalue weighted by molar-refractivity contribution is -0.199. The molecule has 5 heteroatoms. The zero-order valence-corrected chi connectivity index (χ0v) is 26.2. The number of hydrogen-bond donors (Lipinski definition) is 2. The van der Waals surface area contributed by atoms with Crippen molar-refractivity contribution in [1.82, 2.24) is 0 Å². The number of aliphatic hydroxyl groups excluding tert-OH is 2. The number of aliphatic hydroxyl groups is 2. The lowest BCUT2D eigenvalue weighted by Gasteiger charge is -2.67. The molecule has 2 saturated heterocycles. The third-order valence-electron chi connectivity index (χ3n) is 14.5. The van der Waals surface area contributed by atoms with Gasteiger partial charge < -0.3 is 19.7 Å². The predicted molar refractivity (Wildman–Crippen MR) is 165 cm³/mol. The van der Waals surface area contributed by atoms with E-state index in [-0.39, 0.29) is 75.7 Å². The normalized spacial score (nSPS) is 51.4. The maximum absolute atomic E-state index is 13.2. The highest BCUT2D eigenvalue weighted by Gasteiger charge is 2.84. The van der Waals surface area contributed by atoms with Gasteiger partial charge in [-0.3, -0.25) is 4.79 Å². The molecule has 0 spiro atoms. The summed E-state index contributed by atoms with van der Waals surface area (Å²) in [5.74, 6) is 0.706. The quantitative estimate of drug-likeness (QED) is 0.304. The summed E-state index contributed by atoms with van der Waals surface area (Å²) >= 11 is 0. The molecule has 0 radical (unpaired) electrons. The van der Waals surface area contributed by atoms with E-state index >= 15 is 0 Å². The fourth-order valence-corrected chi connectivity index (χ4v) is 12.3. The van der Waals surface area contributed by atoms with Crippen molar-refractivity contribution in [2.75, 3.05) is 13.2 Å². The zero-order valence-electron chi connectivity index (χ0n) is 26.2. The number of allylic oxidation sites excluding steroid dienone is 3. The van der Waals surface area contributed by atoms with Gasteiger partial charge in [-0.1, -0.05) is 74.9 Å². The van der Waals surface area contributed by atoms with Gasteiger partial charge in [0.2, 0.25) is 0 Å². The molecule has 2 N–H and O–H groups in total. The van der Waals surface area contributed by atoms with Crippen molar-refractivity contribution in [2.24, 2.45) is 50.7 Å². The van der Waals surface area contributed by atoms with Gasteiger partial charge in [-0.15, -0.1) is 0 Å². The molecule has 0 amide bonds. The van der Waals surface area contributed by atoms with Crippen molar-refractivity contribution in [3.05, 3.63) is 71.3 Å². The summed E-state index contributed by atoms with van der Waals surface area (Å²) < 4.78 is 12.5. The average molecular weight is 585 g/mol. The monoisotopic (exact) mass is 584 g/mol. The van der Waals surface area contributed by atoms with Crippen LogP contribution in [-0.2, 0) is 14.3 Å². The highest BCUT2D eigenvalue weighted by Crippen LogP contribution is 2.89. The standard InChI is InChI=1S/C38H48O5/c1-23(20-39)16-26-18-27(33(41)43-26)28-11-15-38-21-37(28,38)14-12-30-34(2)13-10-25-17-29(24-8-6-5-7-9-24)42-22-35(25,3)31(34)19-32(40)36(30,38)4/h5-10,12,14,16,26-32,39-40H,11,13,15,17-22H2,1-4H3/b23-16+. The fourth-order valence-electron chi connectivity index (χ4n) is 12.3. The molecule has 43 heavy (non-hydrogen) atoms. The number of ether oxygens (including phenoxy) is 2. The van der Waals surface area contributed by atoms with Crippen LogP contribution >= 0.6 is 0 Å². The molecular formula is C38H48O5. The van der Waals surface area contributed by atoms with Crippen molar-refractivity contribution >= 4 is 5.97 Å². The molecule has 230 valence electrons. The highest BCUT2D eigenvalue weighted by atomic mass is 16.5. The van der Waals surface area contributed by atoms with E-state index in [0.29, 0.717) is 18.9 Å². The molecule has 8 rings (SSSR count). The first kappa shape index (κ1) is 28.3. The van der Waals surface area contributed by atoms with E-state index in [1.165, 1.54) is 11.1 Å². The molecule has 2 heterocycles. The number of hydrogen-bond acceptors (Lipinski definition) is 5. The molecule has 12 unspecified atom stereocenters. The molecule has 3 saturated carbocycles. The van der Waals surface area contributed by atoms with Crippen molar-refractivity contribution in [2.45, 2.75) is 91.0 Å². The average Bonchev–Trinajstić information content (AvgIpc) is 3.39. The fraction of sp³-hybridized carbons (Fsp3) is 0.658. The Bertz CT molecular complexity index is 1430. The molecule has 0 aromatic heterocycles. The number of cyclic esters (lactones) is 1. The summed E-state index contributed by atoms with van der Waals surface area (Å²) in [7, 11) is 0. The van der Waals surface area contributed by atoms with Crippen LogP contribution in [0.25, 0.3) is 0 Å². The first-order valence-corrected chi connectivity index (χ1v) is 16.7. The minimum atomic E-state index is -0.386. The van der Waals surface area contributed by atoms with Gasteiger partial charge in [0, 0.05) is 17.3 Å². The van der Waals surface area contributed by atoms with Crippen LogP contribution in [0.3, 0.4) is 0 Å². The van der Waals surface area contributed by atoms with Gasteiger partial charge >= 0.3 is 5.97 Å². The lowest BCUT2D eigenvalue weighted by atomic mass is 9.38. The molecule has 0 bridgehead atoms. The van der Waals surface area contributed by atoms with Crippen LogP contribution < -0.4 is 0 Å². The predicted octanol–water partition coefficient (Wildman–Crippen LogP) is 6.72. The second-order valence-electron chi connectivity index (χ2n) is 16.1. The zero-order chi connectivity index (χ0) is 30.0. The number of carbonyl (C=O) groups is 1. The van der Waals surface area contributed by atoms with Crippen LogP contribution in [-0.4, -0.2) is 41.6 Å². The number of benzene rings is 1. The summed E-state index contributed by atoms with van der Waals surface area (Å²) in [6, 6.07) is 10.6. The van der Waals surface area contributed by atoms with E-state index in [9.17, 15) is 15.0 Å². The Morgan fingerprint density at radius 3 is 2.70 bits per heavy atom. The van der Waals surface area contributed by atoms with Crippen LogP contribution in [0, 0.1) is 50.7 Å². The van der Waals surface area contributed by atoms with Crippen molar-refractivity contribution in [1.29, 1.82) is 0 Å². The second-order valence-corrected chi connectivity index (χ2v) is 16.1. The third-order valence-corrected chi connectivity index (χ3v) is 14.5. The Balaban J connectivity index is 1.11. The van der Waals surface area contributed by atoms with Crippen LogP contribution in [0.15, 0.2) is 65.8 Å². The summed E-state index contributed by atoms with van der Waals surface area (Å²) in [5, 5.41) is 21.8. The van der Waals surface area contributed by atoms with Gasteiger partial charge in [0.05, 0.1) is 31.3 Å². The van der Waals surface area contributed by atoms with Crippen LogP contribution in [0.5, 0.6) is 0 Å². The summed E-state index contributed by atoms with van der Waals surface area (Å²) in [5.41, 5.74) is 3.38. The lowest BCUT2D eigenvalue weighted by Crippen LogP contribution is -2.64. The van der Waals surface area contributed by atoms with E-state index in [1.54, 1.807) is 0 Å². The summed E-state index contributed by atoms with van der Waals surface area (Å²) in [6.45, 7) is 9.90. The smallest absolute Gasteiger partial charge is 0.309 e. The van der Waals surface area contributed by atoms with Crippen LogP contribution in [0.4, 0.5) is 0 Å². The Labute approximate surface area is 256 Å². The first-order valence-electron chi connectivity index (χ1n) is 16.7. The van der Waals surface area contributed by atoms with Crippen LogP contribution in [0.1, 0.15) is 84.3 Å². The Hall–Kier alpha value is -2.21. The van der Waals surface area contributed by atoms with Crippen molar-refractivity contribution < 1.29 is 24.5 Å².